The SMILES string of the molecule is CCCCN1C(=O)CCC(C(=O)NCCCN2CCCCC2)C1c1ccccc1OC. The fraction of sp³-hybridized carbons (Fsp3) is 0.680. The quantitative estimate of drug-likeness (QED) is 0.575. The van der Waals surface area contributed by atoms with Crippen LogP contribution in [0.25, 0.3) is 0 Å². The summed E-state index contributed by atoms with van der Waals surface area (Å²) in [4.78, 5) is 30.5. The fourth-order valence-electron chi connectivity index (χ4n) is 4.94. The van der Waals surface area contributed by atoms with E-state index in [1.807, 2.05) is 29.2 Å². The average molecular weight is 430 g/mol. The van der Waals surface area contributed by atoms with E-state index >= 15 is 0 Å². The average Bonchev–Trinajstić information content (AvgIpc) is 2.81. The molecule has 1 aromatic rings. The number of unbranched alkanes of at least 4 members (excludes halogenated alkanes) is 1. The van der Waals surface area contributed by atoms with Gasteiger partial charge in [-0.15, -0.1) is 0 Å². The number of carbonyl (C=O) groups excluding carboxylic acids is 2. The Labute approximate surface area is 187 Å². The van der Waals surface area contributed by atoms with Crippen molar-refractivity contribution in [3.8, 4) is 5.75 Å². The number of rotatable bonds is 10. The van der Waals surface area contributed by atoms with Crippen LogP contribution in [0.2, 0.25) is 0 Å². The Hall–Kier alpha value is -2.08. The maximum atomic E-state index is 13.3. The number of benzene rings is 1. The van der Waals surface area contributed by atoms with Crippen molar-refractivity contribution in [1.29, 1.82) is 0 Å². The Balaban J connectivity index is 1.69. The maximum Gasteiger partial charge on any atom is 0.225 e. The smallest absolute Gasteiger partial charge is 0.225 e. The summed E-state index contributed by atoms with van der Waals surface area (Å²) in [7, 11) is 1.65. The van der Waals surface area contributed by atoms with Gasteiger partial charge in [0.1, 0.15) is 5.75 Å². The number of nitrogens with zero attached hydrogens (tertiary/aromatic N) is 2. The summed E-state index contributed by atoms with van der Waals surface area (Å²) in [5.41, 5.74) is 0.933. The van der Waals surface area contributed by atoms with Gasteiger partial charge >= 0.3 is 0 Å². The predicted octanol–water partition coefficient (Wildman–Crippen LogP) is 3.77. The summed E-state index contributed by atoms with van der Waals surface area (Å²) in [5, 5.41) is 3.18. The molecule has 2 amide bonds. The van der Waals surface area contributed by atoms with Crippen molar-refractivity contribution in [2.75, 3.05) is 39.8 Å². The van der Waals surface area contributed by atoms with Gasteiger partial charge in [-0.05, 0) is 57.8 Å². The van der Waals surface area contributed by atoms with Crippen LogP contribution in [0.5, 0.6) is 5.75 Å². The number of hydrogen-bond donors (Lipinski definition) is 1. The van der Waals surface area contributed by atoms with Crippen LogP contribution < -0.4 is 10.1 Å². The molecule has 0 spiro atoms. The van der Waals surface area contributed by atoms with Crippen molar-refractivity contribution in [2.45, 2.75) is 64.3 Å². The number of hydrogen-bond acceptors (Lipinski definition) is 4. The van der Waals surface area contributed by atoms with Gasteiger partial charge in [0.2, 0.25) is 11.8 Å². The monoisotopic (exact) mass is 429 g/mol. The third-order valence-corrected chi connectivity index (χ3v) is 6.65. The van der Waals surface area contributed by atoms with Crippen molar-refractivity contribution in [3.05, 3.63) is 29.8 Å². The molecule has 6 heteroatoms. The molecule has 6 nitrogen and oxygen atoms in total. The second kappa shape index (κ2) is 12.1. The van der Waals surface area contributed by atoms with Crippen LogP contribution in [0, 0.1) is 5.92 Å². The number of piperidine rings is 2. The number of para-hydroxylation sites is 1. The normalized spacial score (nSPS) is 22.4. The zero-order valence-electron chi connectivity index (χ0n) is 19.3. The molecule has 1 N–H and O–H groups in total. The lowest BCUT2D eigenvalue weighted by atomic mass is 9.83. The van der Waals surface area contributed by atoms with E-state index in [0.29, 0.717) is 25.9 Å². The van der Waals surface area contributed by atoms with Crippen LogP contribution in [0.1, 0.15) is 69.9 Å². The molecule has 2 heterocycles. The number of likely N-dealkylation sites (tertiary alicyclic amines) is 2. The van der Waals surface area contributed by atoms with Crippen LogP contribution >= 0.6 is 0 Å². The zero-order valence-corrected chi connectivity index (χ0v) is 19.3. The van der Waals surface area contributed by atoms with Gasteiger partial charge in [0, 0.05) is 25.1 Å². The number of carbonyl (C=O) groups is 2. The predicted molar refractivity (Wildman–Crippen MR) is 123 cm³/mol. The molecule has 0 aliphatic carbocycles. The largest absolute Gasteiger partial charge is 0.496 e. The van der Waals surface area contributed by atoms with Crippen LogP contribution in [-0.2, 0) is 9.59 Å². The first-order valence-electron chi connectivity index (χ1n) is 12.1. The first-order valence-corrected chi connectivity index (χ1v) is 12.1. The molecule has 0 aromatic heterocycles. The molecule has 2 saturated heterocycles. The molecule has 0 radical (unpaired) electrons. The first kappa shape index (κ1) is 23.6. The Morgan fingerprint density at radius 3 is 2.65 bits per heavy atom. The number of nitrogens with one attached hydrogen (secondary N) is 1. The highest BCUT2D eigenvalue weighted by Crippen LogP contribution is 2.40. The molecule has 2 aliphatic rings. The second-order valence-electron chi connectivity index (χ2n) is 8.82. The fourth-order valence-corrected chi connectivity index (χ4v) is 4.94. The van der Waals surface area contributed by atoms with Gasteiger partial charge in [-0.1, -0.05) is 38.0 Å². The lowest BCUT2D eigenvalue weighted by molar-refractivity contribution is -0.143. The lowest BCUT2D eigenvalue weighted by Gasteiger charge is -2.41. The Morgan fingerprint density at radius 1 is 1.13 bits per heavy atom. The van der Waals surface area contributed by atoms with Gasteiger partial charge < -0.3 is 19.9 Å². The Bertz CT molecular complexity index is 718. The molecule has 2 aliphatic heterocycles. The van der Waals surface area contributed by atoms with Crippen LogP contribution in [0.3, 0.4) is 0 Å². The summed E-state index contributed by atoms with van der Waals surface area (Å²) in [6.07, 6.45) is 7.84. The van der Waals surface area contributed by atoms with E-state index in [1.165, 1.54) is 32.4 Å². The van der Waals surface area contributed by atoms with E-state index in [0.717, 1.165) is 37.1 Å². The minimum absolute atomic E-state index is 0.0588. The molecule has 2 fully saturated rings. The second-order valence-corrected chi connectivity index (χ2v) is 8.82. The zero-order chi connectivity index (χ0) is 22.1. The minimum Gasteiger partial charge on any atom is -0.496 e. The molecule has 0 bridgehead atoms. The highest BCUT2D eigenvalue weighted by atomic mass is 16.5. The molecule has 31 heavy (non-hydrogen) atoms. The summed E-state index contributed by atoms with van der Waals surface area (Å²) >= 11 is 0. The molecule has 2 atom stereocenters. The van der Waals surface area contributed by atoms with E-state index in [-0.39, 0.29) is 23.8 Å². The topological polar surface area (TPSA) is 61.9 Å². The van der Waals surface area contributed by atoms with Crippen LogP contribution in [0.15, 0.2) is 24.3 Å². The first-order chi connectivity index (χ1) is 15.2. The molecule has 1 aromatic carbocycles. The van der Waals surface area contributed by atoms with Gasteiger partial charge in [-0.3, -0.25) is 9.59 Å². The van der Waals surface area contributed by atoms with E-state index in [9.17, 15) is 9.59 Å². The third kappa shape index (κ3) is 6.22. The van der Waals surface area contributed by atoms with Gasteiger partial charge in [0.15, 0.2) is 0 Å². The molecule has 3 rings (SSSR count). The summed E-state index contributed by atoms with van der Waals surface area (Å²) in [6.45, 7) is 6.90. The standard InChI is InChI=1S/C25H39N3O3/c1-3-4-19-28-23(29)14-13-21(24(28)20-11-6-7-12-22(20)31-2)25(30)26-15-10-18-27-16-8-5-9-17-27/h6-7,11-12,21,24H,3-5,8-10,13-19H2,1-2H3,(H,26,30). The molecular weight excluding hydrogens is 390 g/mol. The van der Waals surface area contributed by atoms with E-state index < -0.39 is 0 Å². The lowest BCUT2D eigenvalue weighted by Crippen LogP contribution is -2.48. The highest BCUT2D eigenvalue weighted by Gasteiger charge is 2.41. The summed E-state index contributed by atoms with van der Waals surface area (Å²) < 4.78 is 5.61. The van der Waals surface area contributed by atoms with E-state index in [2.05, 4.69) is 17.1 Å². The van der Waals surface area contributed by atoms with Crippen LogP contribution in [-0.4, -0.2) is 61.4 Å². The molecule has 0 saturated carbocycles. The Morgan fingerprint density at radius 2 is 1.90 bits per heavy atom. The third-order valence-electron chi connectivity index (χ3n) is 6.65. The molecular formula is C25H39N3O3. The van der Waals surface area contributed by atoms with Gasteiger partial charge in [-0.25, -0.2) is 0 Å². The summed E-state index contributed by atoms with van der Waals surface area (Å²) in [6, 6.07) is 7.53. The van der Waals surface area contributed by atoms with Crippen molar-refractivity contribution < 1.29 is 14.3 Å². The van der Waals surface area contributed by atoms with Crippen molar-refractivity contribution >= 4 is 11.8 Å². The van der Waals surface area contributed by atoms with Crippen LogP contribution in [0.4, 0.5) is 0 Å². The summed E-state index contributed by atoms with van der Waals surface area (Å²) in [5.74, 6) is 0.689. The Kier molecular flexibility index (Phi) is 9.19. The van der Waals surface area contributed by atoms with Gasteiger partial charge in [0.25, 0.3) is 0 Å². The number of amides is 2. The van der Waals surface area contributed by atoms with E-state index in [1.54, 1.807) is 7.11 Å². The van der Waals surface area contributed by atoms with Crippen molar-refractivity contribution in [1.82, 2.24) is 15.1 Å². The number of methoxy groups -OCH3 is 1. The van der Waals surface area contributed by atoms with Gasteiger partial charge in [0.05, 0.1) is 19.1 Å². The van der Waals surface area contributed by atoms with Crippen molar-refractivity contribution in [2.24, 2.45) is 5.92 Å². The minimum atomic E-state index is -0.272. The molecule has 172 valence electrons. The van der Waals surface area contributed by atoms with E-state index in [4.69, 9.17) is 4.74 Å². The maximum absolute atomic E-state index is 13.3. The van der Waals surface area contributed by atoms with Gasteiger partial charge in [-0.2, -0.15) is 0 Å². The van der Waals surface area contributed by atoms with Crippen molar-refractivity contribution in [3.63, 3.8) is 0 Å². The molecule has 2 unspecified atom stereocenters. The highest BCUT2D eigenvalue weighted by molar-refractivity contribution is 5.85. The number of ether oxygens (including phenoxy) is 1.